The van der Waals surface area contributed by atoms with Gasteiger partial charge in [-0.3, -0.25) is 4.79 Å². The summed E-state index contributed by atoms with van der Waals surface area (Å²) in [6, 6.07) is 3.64. The van der Waals surface area contributed by atoms with Crippen molar-refractivity contribution in [1.82, 2.24) is 24.9 Å². The van der Waals surface area contributed by atoms with Gasteiger partial charge >= 0.3 is 6.01 Å². The van der Waals surface area contributed by atoms with Gasteiger partial charge in [-0.1, -0.05) is 0 Å². The normalized spacial score (nSPS) is 11.1. The van der Waals surface area contributed by atoms with Crippen molar-refractivity contribution < 1.29 is 18.7 Å². The predicted octanol–water partition coefficient (Wildman–Crippen LogP) is 0.131. The van der Waals surface area contributed by atoms with E-state index in [2.05, 4.69) is 20.4 Å². The molecule has 132 valence electrons. The summed E-state index contributed by atoms with van der Waals surface area (Å²) in [5.74, 6) is 0.561. The van der Waals surface area contributed by atoms with Crippen molar-refractivity contribution in [3.8, 4) is 6.01 Å². The molecule has 10 heteroatoms. The lowest BCUT2D eigenvalue weighted by molar-refractivity contribution is 0.100. The summed E-state index contributed by atoms with van der Waals surface area (Å²) in [5.41, 5.74) is 5.84. The fourth-order valence-corrected chi connectivity index (χ4v) is 2.16. The molecule has 3 aromatic heterocycles. The van der Waals surface area contributed by atoms with E-state index in [4.69, 9.17) is 19.6 Å². The molecule has 0 aromatic carbocycles. The number of rotatable bonds is 9. The zero-order chi connectivity index (χ0) is 17.6. The number of fused-ring (bicyclic) bond motifs is 1. The average molecular weight is 346 g/mol. The highest BCUT2D eigenvalue weighted by Gasteiger charge is 2.17. The molecule has 0 bridgehead atoms. The zero-order valence-corrected chi connectivity index (χ0v) is 13.6. The summed E-state index contributed by atoms with van der Waals surface area (Å²) in [7, 11) is 1.62. The molecule has 3 N–H and O–H groups in total. The molecule has 0 spiro atoms. The van der Waals surface area contributed by atoms with Crippen LogP contribution in [0.2, 0.25) is 0 Å². The Labute approximate surface area is 142 Å². The number of hydrogen-bond donors (Lipinski definition) is 2. The van der Waals surface area contributed by atoms with E-state index in [0.717, 1.165) is 0 Å². The van der Waals surface area contributed by atoms with E-state index in [0.29, 0.717) is 36.9 Å². The van der Waals surface area contributed by atoms with Crippen LogP contribution in [-0.2, 0) is 17.9 Å². The number of methoxy groups -OCH3 is 1. The van der Waals surface area contributed by atoms with Gasteiger partial charge in [-0.05, 0) is 12.1 Å². The molecule has 0 aliphatic rings. The smallest absolute Gasteiger partial charge is 0.336 e. The van der Waals surface area contributed by atoms with Crippen molar-refractivity contribution in [2.75, 3.05) is 20.3 Å². The number of nitrogens with zero attached hydrogens (tertiary/aromatic N) is 4. The maximum Gasteiger partial charge on any atom is 0.336 e. The van der Waals surface area contributed by atoms with E-state index in [9.17, 15) is 4.79 Å². The van der Waals surface area contributed by atoms with Gasteiger partial charge in [0, 0.05) is 19.9 Å². The minimum atomic E-state index is -0.638. The lowest BCUT2D eigenvalue weighted by Gasteiger charge is -2.06. The highest BCUT2D eigenvalue weighted by atomic mass is 16.5. The third-order valence-electron chi connectivity index (χ3n) is 3.37. The molecule has 0 aliphatic heterocycles. The van der Waals surface area contributed by atoms with Crippen LogP contribution in [0.5, 0.6) is 6.01 Å². The highest BCUT2D eigenvalue weighted by Crippen LogP contribution is 2.15. The van der Waals surface area contributed by atoms with Crippen molar-refractivity contribution in [2.24, 2.45) is 5.73 Å². The van der Waals surface area contributed by atoms with Gasteiger partial charge in [0.25, 0.3) is 5.91 Å². The second-order valence-corrected chi connectivity index (χ2v) is 5.12. The van der Waals surface area contributed by atoms with E-state index < -0.39 is 5.91 Å². The Morgan fingerprint density at radius 3 is 3.08 bits per heavy atom. The molecule has 3 aromatic rings. The lowest BCUT2D eigenvalue weighted by Crippen LogP contribution is -2.22. The molecule has 3 rings (SSSR count). The van der Waals surface area contributed by atoms with Crippen LogP contribution in [0.4, 0.5) is 0 Å². The number of carbonyl (C=O) groups is 1. The van der Waals surface area contributed by atoms with Crippen LogP contribution in [0.25, 0.3) is 5.65 Å². The Hall–Kier alpha value is -2.98. The van der Waals surface area contributed by atoms with Crippen molar-refractivity contribution in [1.29, 1.82) is 0 Å². The highest BCUT2D eigenvalue weighted by molar-refractivity contribution is 5.98. The molecule has 0 unspecified atom stereocenters. The standard InChI is InChI=1S/C15H18N6O4/c1-23-6-4-17-8-12-18-7-11(13(16)22)14-19-15(20-21(12)14)25-9-10-3-2-5-24-10/h2-3,5,7,17H,4,6,8-9H2,1H3,(H2,16,22). The van der Waals surface area contributed by atoms with Crippen LogP contribution in [0.3, 0.4) is 0 Å². The fraction of sp³-hybridized carbons (Fsp3) is 0.333. The first-order chi connectivity index (χ1) is 12.2. The average Bonchev–Trinajstić information content (AvgIpc) is 3.25. The molecule has 25 heavy (non-hydrogen) atoms. The lowest BCUT2D eigenvalue weighted by atomic mass is 10.3. The monoisotopic (exact) mass is 346 g/mol. The van der Waals surface area contributed by atoms with Gasteiger partial charge < -0.3 is 24.9 Å². The fourth-order valence-electron chi connectivity index (χ4n) is 2.16. The number of ether oxygens (including phenoxy) is 2. The quantitative estimate of drug-likeness (QED) is 0.523. The van der Waals surface area contributed by atoms with Crippen LogP contribution in [-0.4, -0.2) is 45.8 Å². The van der Waals surface area contributed by atoms with Crippen LogP contribution >= 0.6 is 0 Å². The van der Waals surface area contributed by atoms with Gasteiger partial charge in [-0.25, -0.2) is 4.98 Å². The third kappa shape index (κ3) is 3.92. The molecular formula is C15H18N6O4. The molecule has 0 radical (unpaired) electrons. The number of carbonyl (C=O) groups excluding carboxylic acids is 1. The number of nitrogens with two attached hydrogens (primary N) is 1. The number of hydrogen-bond acceptors (Lipinski definition) is 8. The SMILES string of the molecule is COCCNCc1ncc(C(N)=O)c2nc(OCc3ccco3)nn12. The summed E-state index contributed by atoms with van der Waals surface area (Å²) < 4.78 is 17.1. The van der Waals surface area contributed by atoms with Gasteiger partial charge in [0.05, 0.1) is 19.4 Å². The predicted molar refractivity (Wildman–Crippen MR) is 85.9 cm³/mol. The first-order valence-electron chi connectivity index (χ1n) is 7.58. The van der Waals surface area contributed by atoms with E-state index in [-0.39, 0.29) is 18.2 Å². The van der Waals surface area contributed by atoms with Gasteiger partial charge in [-0.2, -0.15) is 9.50 Å². The number of furan rings is 1. The first-order valence-corrected chi connectivity index (χ1v) is 7.58. The van der Waals surface area contributed by atoms with Gasteiger partial charge in [0.15, 0.2) is 5.65 Å². The Bertz CT molecular complexity index is 845. The van der Waals surface area contributed by atoms with Gasteiger partial charge in [0.2, 0.25) is 0 Å². The van der Waals surface area contributed by atoms with Crippen molar-refractivity contribution in [3.05, 3.63) is 41.7 Å². The van der Waals surface area contributed by atoms with E-state index >= 15 is 0 Å². The third-order valence-corrected chi connectivity index (χ3v) is 3.37. The number of primary amides is 1. The molecule has 1 amide bonds. The van der Waals surface area contributed by atoms with E-state index in [1.165, 1.54) is 10.7 Å². The van der Waals surface area contributed by atoms with Crippen LogP contribution < -0.4 is 15.8 Å². The molecule has 10 nitrogen and oxygen atoms in total. The summed E-state index contributed by atoms with van der Waals surface area (Å²) in [5, 5.41) is 7.41. The molecular weight excluding hydrogens is 328 g/mol. The number of amides is 1. The van der Waals surface area contributed by atoms with Crippen LogP contribution in [0.1, 0.15) is 21.9 Å². The Morgan fingerprint density at radius 1 is 1.48 bits per heavy atom. The van der Waals surface area contributed by atoms with E-state index in [1.54, 1.807) is 25.5 Å². The maximum absolute atomic E-state index is 11.6. The zero-order valence-electron chi connectivity index (χ0n) is 13.6. The van der Waals surface area contributed by atoms with Crippen molar-refractivity contribution in [3.63, 3.8) is 0 Å². The molecule has 0 fully saturated rings. The molecule has 0 saturated carbocycles. The number of nitrogens with one attached hydrogen (secondary N) is 1. The van der Waals surface area contributed by atoms with Gasteiger partial charge in [-0.15, -0.1) is 5.10 Å². The molecule has 0 atom stereocenters. The topological polar surface area (TPSA) is 130 Å². The summed E-state index contributed by atoms with van der Waals surface area (Å²) in [4.78, 5) is 20.1. The minimum Gasteiger partial charge on any atom is -0.466 e. The van der Waals surface area contributed by atoms with Crippen molar-refractivity contribution in [2.45, 2.75) is 13.2 Å². The maximum atomic E-state index is 11.6. The second kappa shape index (κ2) is 7.73. The molecule has 3 heterocycles. The molecule has 0 aliphatic carbocycles. The van der Waals surface area contributed by atoms with Crippen molar-refractivity contribution >= 4 is 11.6 Å². The Balaban J connectivity index is 1.84. The minimum absolute atomic E-state index is 0.102. The number of aromatic nitrogens is 4. The van der Waals surface area contributed by atoms with Gasteiger partial charge in [0.1, 0.15) is 23.8 Å². The van der Waals surface area contributed by atoms with E-state index in [1.807, 2.05) is 0 Å². The Kier molecular flexibility index (Phi) is 5.21. The molecule has 0 saturated heterocycles. The largest absolute Gasteiger partial charge is 0.466 e. The van der Waals surface area contributed by atoms with Crippen LogP contribution in [0, 0.1) is 0 Å². The Morgan fingerprint density at radius 2 is 2.36 bits per heavy atom. The second-order valence-electron chi connectivity index (χ2n) is 5.12. The van der Waals surface area contributed by atoms with Crippen LogP contribution in [0.15, 0.2) is 29.0 Å². The summed E-state index contributed by atoms with van der Waals surface area (Å²) in [6.07, 6.45) is 2.94. The summed E-state index contributed by atoms with van der Waals surface area (Å²) in [6.45, 7) is 1.80. The summed E-state index contributed by atoms with van der Waals surface area (Å²) >= 11 is 0. The first kappa shape index (κ1) is 16.9.